The maximum absolute atomic E-state index is 11.9. The molecule has 1 rings (SSSR count). The number of nitrogens with zero attached hydrogens (tertiary/aromatic N) is 2. The van der Waals surface area contributed by atoms with Gasteiger partial charge in [-0.3, -0.25) is 4.79 Å². The predicted octanol–water partition coefficient (Wildman–Crippen LogP) is 2.88. The number of hydrogen-bond donors (Lipinski definition) is 2. The van der Waals surface area contributed by atoms with E-state index in [1.165, 1.54) is 0 Å². The Morgan fingerprint density at radius 3 is 2.38 bits per heavy atom. The van der Waals surface area contributed by atoms with Crippen LogP contribution in [0.15, 0.2) is 29.3 Å². The third-order valence-corrected chi connectivity index (χ3v) is 3.69. The Hall–Kier alpha value is -1.35. The summed E-state index contributed by atoms with van der Waals surface area (Å²) in [6, 6.07) is 7.61. The number of benzene rings is 1. The standard InChI is InChI=1S/C19H32N4O2.HI/c1-5-20-19(21-13-7-6-8-14-25-4)22-15-16-9-11-17(12-10-16)18(24)23(2)3;/h9-12H,5-8,13-15H2,1-4H3,(H2,20,21,22);1H. The number of hydrogen-bond acceptors (Lipinski definition) is 3. The van der Waals surface area contributed by atoms with Gasteiger partial charge in [0.05, 0.1) is 6.54 Å². The minimum absolute atomic E-state index is 0. The third-order valence-electron chi connectivity index (χ3n) is 3.69. The van der Waals surface area contributed by atoms with E-state index in [2.05, 4.69) is 22.5 Å². The largest absolute Gasteiger partial charge is 0.385 e. The highest BCUT2D eigenvalue weighted by molar-refractivity contribution is 14.0. The van der Waals surface area contributed by atoms with E-state index < -0.39 is 0 Å². The average Bonchev–Trinajstić information content (AvgIpc) is 2.62. The summed E-state index contributed by atoms with van der Waals surface area (Å²) in [7, 11) is 5.24. The molecule has 7 heteroatoms. The van der Waals surface area contributed by atoms with E-state index in [1.807, 2.05) is 24.3 Å². The van der Waals surface area contributed by atoms with E-state index in [1.54, 1.807) is 26.1 Å². The summed E-state index contributed by atoms with van der Waals surface area (Å²) >= 11 is 0. The number of carbonyl (C=O) groups excluding carboxylic acids is 1. The van der Waals surface area contributed by atoms with Gasteiger partial charge in [-0.05, 0) is 43.9 Å². The van der Waals surface area contributed by atoms with Crippen LogP contribution in [0.5, 0.6) is 0 Å². The molecule has 0 saturated carbocycles. The molecule has 148 valence electrons. The Balaban J connectivity index is 0.00000625. The maximum atomic E-state index is 11.9. The predicted molar refractivity (Wildman–Crippen MR) is 118 cm³/mol. The molecule has 6 nitrogen and oxygen atoms in total. The molecule has 1 aromatic rings. The molecule has 0 aliphatic rings. The van der Waals surface area contributed by atoms with E-state index in [-0.39, 0.29) is 29.9 Å². The fourth-order valence-corrected chi connectivity index (χ4v) is 2.28. The SMILES string of the molecule is CCNC(=NCc1ccc(C(=O)N(C)C)cc1)NCCCCCOC.I. The highest BCUT2D eigenvalue weighted by atomic mass is 127. The molecule has 2 N–H and O–H groups in total. The lowest BCUT2D eigenvalue weighted by molar-refractivity contribution is 0.0827. The molecule has 0 aliphatic heterocycles. The lowest BCUT2D eigenvalue weighted by atomic mass is 10.1. The van der Waals surface area contributed by atoms with E-state index in [0.29, 0.717) is 12.1 Å². The number of aliphatic imine (C=N–C) groups is 1. The van der Waals surface area contributed by atoms with Crippen LogP contribution in [0.1, 0.15) is 42.1 Å². The number of guanidine groups is 1. The molecule has 0 radical (unpaired) electrons. The third kappa shape index (κ3) is 9.96. The van der Waals surface area contributed by atoms with Gasteiger partial charge < -0.3 is 20.3 Å². The van der Waals surface area contributed by atoms with Crippen LogP contribution in [-0.2, 0) is 11.3 Å². The number of unbranched alkanes of at least 4 members (excludes halogenated alkanes) is 2. The van der Waals surface area contributed by atoms with Crippen molar-refractivity contribution >= 4 is 35.8 Å². The topological polar surface area (TPSA) is 66.0 Å². The van der Waals surface area contributed by atoms with Crippen LogP contribution in [-0.4, -0.2) is 57.7 Å². The summed E-state index contributed by atoms with van der Waals surface area (Å²) in [5, 5.41) is 6.60. The lowest BCUT2D eigenvalue weighted by Crippen LogP contribution is -2.37. The summed E-state index contributed by atoms with van der Waals surface area (Å²) in [5.41, 5.74) is 1.77. The summed E-state index contributed by atoms with van der Waals surface area (Å²) in [4.78, 5) is 18.1. The van der Waals surface area contributed by atoms with Gasteiger partial charge in [-0.15, -0.1) is 24.0 Å². The molecular weight excluding hydrogens is 443 g/mol. The van der Waals surface area contributed by atoms with Crippen molar-refractivity contribution in [2.75, 3.05) is 40.9 Å². The number of ether oxygens (including phenoxy) is 1. The second-order valence-corrected chi connectivity index (χ2v) is 6.07. The average molecular weight is 476 g/mol. The Morgan fingerprint density at radius 1 is 1.12 bits per heavy atom. The van der Waals surface area contributed by atoms with Crippen molar-refractivity contribution in [1.82, 2.24) is 15.5 Å². The van der Waals surface area contributed by atoms with Gasteiger partial charge in [-0.1, -0.05) is 12.1 Å². The monoisotopic (exact) mass is 476 g/mol. The highest BCUT2D eigenvalue weighted by Crippen LogP contribution is 2.07. The van der Waals surface area contributed by atoms with Crippen LogP contribution in [0, 0.1) is 0 Å². The molecule has 0 unspecified atom stereocenters. The first-order valence-electron chi connectivity index (χ1n) is 8.90. The van der Waals surface area contributed by atoms with Crippen LogP contribution < -0.4 is 10.6 Å². The first-order valence-corrected chi connectivity index (χ1v) is 8.90. The molecule has 0 saturated heterocycles. The molecule has 26 heavy (non-hydrogen) atoms. The molecule has 0 atom stereocenters. The van der Waals surface area contributed by atoms with Crippen LogP contribution >= 0.6 is 24.0 Å². The summed E-state index contributed by atoms with van der Waals surface area (Å²) in [6.45, 7) is 5.17. The number of rotatable bonds is 10. The molecule has 1 aromatic carbocycles. The summed E-state index contributed by atoms with van der Waals surface area (Å²) in [5.74, 6) is 0.834. The first-order chi connectivity index (χ1) is 12.1. The minimum atomic E-state index is 0. The Bertz CT molecular complexity index is 533. The van der Waals surface area contributed by atoms with Gasteiger partial charge >= 0.3 is 0 Å². The molecule has 0 aliphatic carbocycles. The van der Waals surface area contributed by atoms with Crippen LogP contribution in [0.3, 0.4) is 0 Å². The van der Waals surface area contributed by atoms with E-state index in [9.17, 15) is 4.79 Å². The van der Waals surface area contributed by atoms with Crippen molar-refractivity contribution < 1.29 is 9.53 Å². The van der Waals surface area contributed by atoms with Gasteiger partial charge in [0.25, 0.3) is 5.91 Å². The molecule has 0 heterocycles. The Labute approximate surface area is 174 Å². The molecule has 0 bridgehead atoms. The molecule has 0 aromatic heterocycles. The van der Waals surface area contributed by atoms with E-state index >= 15 is 0 Å². The van der Waals surface area contributed by atoms with Gasteiger partial charge in [0.1, 0.15) is 0 Å². The molecular formula is C19H33IN4O2. The zero-order chi connectivity index (χ0) is 18.5. The van der Waals surface area contributed by atoms with Crippen molar-refractivity contribution in [3.8, 4) is 0 Å². The smallest absolute Gasteiger partial charge is 0.253 e. The summed E-state index contributed by atoms with van der Waals surface area (Å²) in [6.07, 6.45) is 3.32. The fraction of sp³-hybridized carbons (Fsp3) is 0.579. The normalized spacial score (nSPS) is 10.8. The van der Waals surface area contributed by atoms with Crippen LogP contribution in [0.2, 0.25) is 0 Å². The molecule has 0 spiro atoms. The van der Waals surface area contributed by atoms with Crippen LogP contribution in [0.4, 0.5) is 0 Å². The van der Waals surface area contributed by atoms with Crippen molar-refractivity contribution in [3.05, 3.63) is 35.4 Å². The fourth-order valence-electron chi connectivity index (χ4n) is 2.28. The van der Waals surface area contributed by atoms with Gasteiger partial charge in [-0.25, -0.2) is 4.99 Å². The number of methoxy groups -OCH3 is 1. The summed E-state index contributed by atoms with van der Waals surface area (Å²) < 4.78 is 5.05. The van der Waals surface area contributed by atoms with E-state index in [4.69, 9.17) is 4.74 Å². The van der Waals surface area contributed by atoms with Crippen molar-refractivity contribution in [2.24, 2.45) is 4.99 Å². The Kier molecular flexibility index (Phi) is 14.0. The minimum Gasteiger partial charge on any atom is -0.385 e. The Morgan fingerprint density at radius 2 is 1.81 bits per heavy atom. The molecule has 0 fully saturated rings. The highest BCUT2D eigenvalue weighted by Gasteiger charge is 2.07. The van der Waals surface area contributed by atoms with Crippen molar-refractivity contribution in [1.29, 1.82) is 0 Å². The number of amides is 1. The van der Waals surface area contributed by atoms with Gasteiger partial charge in [-0.2, -0.15) is 0 Å². The van der Waals surface area contributed by atoms with Crippen LogP contribution in [0.25, 0.3) is 0 Å². The number of halogens is 1. The number of carbonyl (C=O) groups is 1. The maximum Gasteiger partial charge on any atom is 0.253 e. The van der Waals surface area contributed by atoms with Gasteiger partial charge in [0.15, 0.2) is 5.96 Å². The zero-order valence-electron chi connectivity index (χ0n) is 16.4. The van der Waals surface area contributed by atoms with E-state index in [0.717, 1.165) is 50.5 Å². The number of nitrogens with one attached hydrogen (secondary N) is 2. The van der Waals surface area contributed by atoms with Gasteiger partial charge in [0.2, 0.25) is 0 Å². The zero-order valence-corrected chi connectivity index (χ0v) is 18.7. The first kappa shape index (κ1) is 24.7. The lowest BCUT2D eigenvalue weighted by Gasteiger charge is -2.12. The quantitative estimate of drug-likeness (QED) is 0.236. The van der Waals surface area contributed by atoms with Gasteiger partial charge in [0, 0.05) is 46.5 Å². The second-order valence-electron chi connectivity index (χ2n) is 6.07. The second kappa shape index (κ2) is 14.8. The van der Waals surface area contributed by atoms with Crippen molar-refractivity contribution in [2.45, 2.75) is 32.7 Å². The van der Waals surface area contributed by atoms with Crippen molar-refractivity contribution in [3.63, 3.8) is 0 Å². The molecule has 1 amide bonds.